The normalized spacial score (nSPS) is 19.1. The Kier molecular flexibility index (Phi) is 9.45. The monoisotopic (exact) mass is 525 g/mol. The molecule has 9 nitrogen and oxygen atoms in total. The Bertz CT molecular complexity index is 1090. The maximum absolute atomic E-state index is 12.8. The van der Waals surface area contributed by atoms with E-state index < -0.39 is 17.9 Å². The lowest BCUT2D eigenvalue weighted by atomic mass is 10.1. The third kappa shape index (κ3) is 7.74. The Morgan fingerprint density at radius 3 is 2.65 bits per heavy atom. The summed E-state index contributed by atoms with van der Waals surface area (Å²) in [7, 11) is 0. The summed E-state index contributed by atoms with van der Waals surface area (Å²) >= 11 is 5.43. The second kappa shape index (κ2) is 13.2. The zero-order chi connectivity index (χ0) is 26.0. The van der Waals surface area contributed by atoms with E-state index in [4.69, 9.17) is 26.4 Å². The van der Waals surface area contributed by atoms with Crippen LogP contribution in [0.2, 0.25) is 0 Å². The van der Waals surface area contributed by atoms with Crippen molar-refractivity contribution in [3.63, 3.8) is 0 Å². The lowest BCUT2D eigenvalue weighted by Gasteiger charge is -2.36. The fourth-order valence-corrected chi connectivity index (χ4v) is 4.53. The van der Waals surface area contributed by atoms with Crippen molar-refractivity contribution in [3.8, 4) is 5.75 Å². The van der Waals surface area contributed by atoms with Crippen molar-refractivity contribution >= 4 is 35.1 Å². The van der Waals surface area contributed by atoms with Crippen LogP contribution < -0.4 is 15.4 Å². The maximum atomic E-state index is 12.8. The van der Waals surface area contributed by atoms with Gasteiger partial charge in [0.05, 0.1) is 19.1 Å². The Morgan fingerprint density at radius 2 is 1.92 bits per heavy atom. The van der Waals surface area contributed by atoms with Crippen molar-refractivity contribution in [2.24, 2.45) is 0 Å². The van der Waals surface area contributed by atoms with Gasteiger partial charge in [-0.2, -0.15) is 0 Å². The van der Waals surface area contributed by atoms with Gasteiger partial charge in [0, 0.05) is 31.7 Å². The molecule has 0 spiro atoms. The van der Waals surface area contributed by atoms with E-state index in [1.54, 1.807) is 29.2 Å². The summed E-state index contributed by atoms with van der Waals surface area (Å²) in [5, 5.41) is 5.50. The van der Waals surface area contributed by atoms with Crippen LogP contribution in [0.3, 0.4) is 0 Å². The molecule has 2 fully saturated rings. The van der Waals surface area contributed by atoms with E-state index in [9.17, 15) is 14.4 Å². The van der Waals surface area contributed by atoms with Crippen molar-refractivity contribution in [3.05, 3.63) is 65.7 Å². The van der Waals surface area contributed by atoms with E-state index in [0.717, 1.165) is 19.3 Å². The molecular weight excluding hydrogens is 494 g/mol. The molecule has 2 heterocycles. The minimum Gasteiger partial charge on any atom is -0.493 e. The first kappa shape index (κ1) is 26.6. The van der Waals surface area contributed by atoms with Crippen molar-refractivity contribution in [2.45, 2.75) is 37.8 Å². The molecule has 10 heteroatoms. The molecule has 4 rings (SSSR count). The number of amides is 2. The SMILES string of the molecule is O=C(CC1C(=O)NCCN1C(=S)NC(=O)c1ccc(OCCc2ccccc2)cc1)OCC1CCCO1. The topological polar surface area (TPSA) is 106 Å². The zero-order valence-electron chi connectivity index (χ0n) is 20.5. The first-order valence-electron chi connectivity index (χ1n) is 12.4. The number of nitrogens with one attached hydrogen (secondary N) is 2. The van der Waals surface area contributed by atoms with Gasteiger partial charge in [0.15, 0.2) is 5.11 Å². The summed E-state index contributed by atoms with van der Waals surface area (Å²) in [6, 6.07) is 15.9. The molecule has 0 bridgehead atoms. The maximum Gasteiger partial charge on any atom is 0.308 e. The van der Waals surface area contributed by atoms with Crippen LogP contribution in [-0.2, 0) is 25.5 Å². The first-order chi connectivity index (χ1) is 18.0. The predicted molar refractivity (Wildman–Crippen MR) is 140 cm³/mol. The summed E-state index contributed by atoms with van der Waals surface area (Å²) in [6.45, 7) is 2.07. The summed E-state index contributed by atoms with van der Waals surface area (Å²) in [4.78, 5) is 39.2. The number of hydrogen-bond acceptors (Lipinski definition) is 7. The largest absolute Gasteiger partial charge is 0.493 e. The summed E-state index contributed by atoms with van der Waals surface area (Å²) in [6.07, 6.45) is 2.30. The first-order valence-corrected chi connectivity index (χ1v) is 12.8. The van der Waals surface area contributed by atoms with Gasteiger partial charge in [0.1, 0.15) is 18.4 Å². The van der Waals surface area contributed by atoms with E-state index in [2.05, 4.69) is 10.6 Å². The zero-order valence-corrected chi connectivity index (χ0v) is 21.3. The molecule has 2 unspecified atom stereocenters. The second-order valence-corrected chi connectivity index (χ2v) is 9.28. The number of nitrogens with zero attached hydrogens (tertiary/aromatic N) is 1. The van der Waals surface area contributed by atoms with Crippen molar-refractivity contribution in [2.75, 3.05) is 32.9 Å². The molecule has 0 saturated carbocycles. The van der Waals surface area contributed by atoms with Gasteiger partial charge < -0.3 is 24.4 Å². The van der Waals surface area contributed by atoms with E-state index in [1.165, 1.54) is 5.56 Å². The summed E-state index contributed by atoms with van der Waals surface area (Å²) < 4.78 is 16.5. The van der Waals surface area contributed by atoms with Gasteiger partial charge in [-0.05, 0) is 54.9 Å². The van der Waals surface area contributed by atoms with Crippen LogP contribution >= 0.6 is 12.2 Å². The van der Waals surface area contributed by atoms with E-state index in [0.29, 0.717) is 37.6 Å². The van der Waals surface area contributed by atoms with Crippen molar-refractivity contribution in [1.29, 1.82) is 0 Å². The van der Waals surface area contributed by atoms with Crippen LogP contribution in [0, 0.1) is 0 Å². The number of benzene rings is 2. The Hall–Kier alpha value is -3.50. The smallest absolute Gasteiger partial charge is 0.308 e. The van der Waals surface area contributed by atoms with Gasteiger partial charge in [-0.15, -0.1) is 0 Å². The van der Waals surface area contributed by atoms with Crippen LogP contribution in [0.25, 0.3) is 0 Å². The number of piperazine rings is 1. The van der Waals surface area contributed by atoms with Crippen molar-refractivity contribution < 1.29 is 28.6 Å². The van der Waals surface area contributed by atoms with Crippen LogP contribution in [0.5, 0.6) is 5.75 Å². The predicted octanol–water partition coefficient (Wildman–Crippen LogP) is 2.24. The molecule has 2 aliphatic rings. The van der Waals surface area contributed by atoms with Crippen LogP contribution in [0.15, 0.2) is 54.6 Å². The Morgan fingerprint density at radius 1 is 1.14 bits per heavy atom. The molecule has 196 valence electrons. The summed E-state index contributed by atoms with van der Waals surface area (Å²) in [5.74, 6) is -0.607. The minimum absolute atomic E-state index is 0.0833. The molecule has 2 aromatic rings. The molecule has 2 aliphatic heterocycles. The fourth-order valence-electron chi connectivity index (χ4n) is 4.21. The number of carbonyl (C=O) groups is 3. The van der Waals surface area contributed by atoms with Crippen LogP contribution in [0.4, 0.5) is 0 Å². The van der Waals surface area contributed by atoms with Gasteiger partial charge in [-0.3, -0.25) is 19.7 Å². The fraction of sp³-hybridized carbons (Fsp3) is 0.407. The number of thiocarbonyl (C=S) groups is 1. The average molecular weight is 526 g/mol. The molecule has 2 atom stereocenters. The third-order valence-electron chi connectivity index (χ3n) is 6.25. The number of ether oxygens (including phenoxy) is 3. The van der Waals surface area contributed by atoms with Gasteiger partial charge >= 0.3 is 5.97 Å². The lowest BCUT2D eigenvalue weighted by molar-refractivity contribution is -0.150. The number of esters is 1. The van der Waals surface area contributed by atoms with Gasteiger partial charge in [-0.25, -0.2) is 0 Å². The number of hydrogen-bond donors (Lipinski definition) is 2. The molecule has 2 saturated heterocycles. The number of carbonyl (C=O) groups excluding carboxylic acids is 3. The third-order valence-corrected chi connectivity index (χ3v) is 6.58. The van der Waals surface area contributed by atoms with Crippen molar-refractivity contribution in [1.82, 2.24) is 15.5 Å². The second-order valence-electron chi connectivity index (χ2n) is 8.89. The molecule has 0 aliphatic carbocycles. The van der Waals surface area contributed by atoms with Gasteiger partial charge in [0.25, 0.3) is 5.91 Å². The number of rotatable bonds is 9. The molecule has 2 N–H and O–H groups in total. The quantitative estimate of drug-likeness (QED) is 0.379. The molecule has 0 radical (unpaired) electrons. The van der Waals surface area contributed by atoms with E-state index in [1.807, 2.05) is 30.3 Å². The van der Waals surface area contributed by atoms with Gasteiger partial charge in [0.2, 0.25) is 5.91 Å². The lowest BCUT2D eigenvalue weighted by Crippen LogP contribution is -2.60. The molecule has 2 aromatic carbocycles. The molecule has 37 heavy (non-hydrogen) atoms. The molecule has 2 amide bonds. The highest BCUT2D eigenvalue weighted by molar-refractivity contribution is 7.80. The van der Waals surface area contributed by atoms with E-state index >= 15 is 0 Å². The van der Waals surface area contributed by atoms with Gasteiger partial charge in [-0.1, -0.05) is 30.3 Å². The highest BCUT2D eigenvalue weighted by Gasteiger charge is 2.34. The Labute approximate surface area is 221 Å². The highest BCUT2D eigenvalue weighted by atomic mass is 32.1. The standard InChI is InChI=1S/C27H31N3O6S/c31-24(36-18-22-7-4-15-34-22)17-23-26(33)28-13-14-30(23)27(37)29-25(32)20-8-10-21(11-9-20)35-16-12-19-5-2-1-3-6-19/h1-3,5-6,8-11,22-23H,4,7,12-18H2,(H,28,33)(H,29,32,37). The van der Waals surface area contributed by atoms with E-state index in [-0.39, 0.29) is 30.2 Å². The summed E-state index contributed by atoms with van der Waals surface area (Å²) in [5.41, 5.74) is 1.58. The van der Waals surface area contributed by atoms with Crippen LogP contribution in [-0.4, -0.2) is 72.9 Å². The minimum atomic E-state index is -0.862. The highest BCUT2D eigenvalue weighted by Crippen LogP contribution is 2.16. The Balaban J connectivity index is 1.27. The molecular formula is C27H31N3O6S. The van der Waals surface area contributed by atoms with Crippen LogP contribution in [0.1, 0.15) is 35.2 Å². The average Bonchev–Trinajstić information content (AvgIpc) is 3.43. The molecule has 0 aromatic heterocycles.